The first kappa shape index (κ1) is 24.3. The summed E-state index contributed by atoms with van der Waals surface area (Å²) in [6, 6.07) is 47.9. The van der Waals surface area contributed by atoms with Gasteiger partial charge in [0.2, 0.25) is 0 Å². The summed E-state index contributed by atoms with van der Waals surface area (Å²) in [4.78, 5) is 10.1. The molecule has 0 atom stereocenters. The molecule has 0 fully saturated rings. The molecule has 45 heavy (non-hydrogen) atoms. The average molecular weight is 578 g/mol. The fourth-order valence-electron chi connectivity index (χ4n) is 6.80. The number of furan rings is 2. The summed E-state index contributed by atoms with van der Waals surface area (Å²) in [5.41, 5.74) is 10.1. The molecule has 0 radical (unpaired) electrons. The lowest BCUT2D eigenvalue weighted by Crippen LogP contribution is -1.96. The topological polar surface area (TPSA) is 57.0 Å². The van der Waals surface area contributed by atoms with Crippen molar-refractivity contribution in [2.45, 2.75) is 0 Å². The third kappa shape index (κ3) is 3.49. The van der Waals surface area contributed by atoms with Gasteiger partial charge in [-0.2, -0.15) is 0 Å². The number of benzene rings is 6. The first-order valence-corrected chi connectivity index (χ1v) is 15.0. The van der Waals surface area contributed by atoms with Crippen molar-refractivity contribution in [2.24, 2.45) is 0 Å². The molecule has 0 bridgehead atoms. The van der Waals surface area contributed by atoms with Gasteiger partial charge in [-0.05, 0) is 60.7 Å². The summed E-state index contributed by atoms with van der Waals surface area (Å²) in [6.45, 7) is 0. The third-order valence-corrected chi connectivity index (χ3v) is 8.83. The zero-order valence-electron chi connectivity index (χ0n) is 23.9. The number of fused-ring (bicyclic) bond motifs is 10. The lowest BCUT2D eigenvalue weighted by atomic mass is 10.1. The van der Waals surface area contributed by atoms with Gasteiger partial charge in [0.15, 0.2) is 11.4 Å². The van der Waals surface area contributed by atoms with E-state index in [0.29, 0.717) is 11.4 Å². The van der Waals surface area contributed by atoms with Crippen LogP contribution in [0.4, 0.5) is 0 Å². The molecule has 5 heteroatoms. The lowest BCUT2D eigenvalue weighted by Gasteiger charge is -2.10. The Bertz CT molecular complexity index is 2750. The zero-order chi connectivity index (χ0) is 29.5. The van der Waals surface area contributed by atoms with Gasteiger partial charge in [0.25, 0.3) is 0 Å². The van der Waals surface area contributed by atoms with Crippen LogP contribution in [-0.2, 0) is 0 Å². The fraction of sp³-hybridized carbons (Fsp3) is 0. The molecule has 0 saturated heterocycles. The second-order valence-corrected chi connectivity index (χ2v) is 11.4. The molecule has 10 aromatic rings. The van der Waals surface area contributed by atoms with Gasteiger partial charge in [-0.15, -0.1) is 0 Å². The molecule has 0 aliphatic rings. The van der Waals surface area contributed by atoms with E-state index in [9.17, 15) is 0 Å². The molecule has 0 amide bonds. The number of hydrogen-bond acceptors (Lipinski definition) is 4. The number of rotatable bonds is 3. The van der Waals surface area contributed by atoms with E-state index < -0.39 is 0 Å². The largest absolute Gasteiger partial charge is 0.456 e. The van der Waals surface area contributed by atoms with Crippen LogP contribution in [0.25, 0.3) is 94.1 Å². The number of para-hydroxylation sites is 3. The van der Waals surface area contributed by atoms with E-state index in [0.717, 1.165) is 72.0 Å². The smallest absolute Gasteiger partial charge is 0.180 e. The van der Waals surface area contributed by atoms with E-state index in [4.69, 9.17) is 18.8 Å². The Balaban J connectivity index is 1.21. The van der Waals surface area contributed by atoms with E-state index in [1.54, 1.807) is 0 Å². The summed E-state index contributed by atoms with van der Waals surface area (Å²) < 4.78 is 14.9. The second kappa shape index (κ2) is 9.15. The van der Waals surface area contributed by atoms with Gasteiger partial charge in [0.1, 0.15) is 28.0 Å². The van der Waals surface area contributed by atoms with Gasteiger partial charge in [0.05, 0.1) is 16.4 Å². The van der Waals surface area contributed by atoms with Crippen LogP contribution in [-0.4, -0.2) is 14.5 Å². The molecule has 4 heterocycles. The van der Waals surface area contributed by atoms with Crippen LogP contribution in [0.2, 0.25) is 0 Å². The van der Waals surface area contributed by atoms with Crippen molar-refractivity contribution >= 4 is 65.8 Å². The maximum atomic E-state index is 6.30. The number of hydrogen-bond donors (Lipinski definition) is 0. The molecule has 6 aromatic carbocycles. The van der Waals surface area contributed by atoms with Crippen molar-refractivity contribution in [2.75, 3.05) is 0 Å². The Hall–Kier alpha value is -6.20. The third-order valence-electron chi connectivity index (χ3n) is 8.83. The van der Waals surface area contributed by atoms with Gasteiger partial charge in [0, 0.05) is 38.4 Å². The summed E-state index contributed by atoms with van der Waals surface area (Å²) >= 11 is 0. The number of aromatic nitrogens is 3. The first-order chi connectivity index (χ1) is 22.3. The highest BCUT2D eigenvalue weighted by atomic mass is 16.3. The normalized spacial score (nSPS) is 12.0. The van der Waals surface area contributed by atoms with E-state index in [-0.39, 0.29) is 0 Å². The molecule has 0 aliphatic heterocycles. The van der Waals surface area contributed by atoms with Crippen LogP contribution in [0.1, 0.15) is 0 Å². The van der Waals surface area contributed by atoms with Gasteiger partial charge in [-0.25, -0.2) is 9.97 Å². The molecule has 0 N–H and O–H groups in total. The maximum Gasteiger partial charge on any atom is 0.180 e. The Morgan fingerprint density at radius 3 is 1.98 bits per heavy atom. The van der Waals surface area contributed by atoms with Crippen LogP contribution in [0, 0.1) is 0 Å². The van der Waals surface area contributed by atoms with E-state index in [2.05, 4.69) is 95.6 Å². The Kier molecular flexibility index (Phi) is 4.93. The van der Waals surface area contributed by atoms with Crippen molar-refractivity contribution in [3.05, 3.63) is 140 Å². The molecule has 0 saturated carbocycles. The van der Waals surface area contributed by atoms with Gasteiger partial charge >= 0.3 is 0 Å². The van der Waals surface area contributed by atoms with Crippen LogP contribution in [0.5, 0.6) is 0 Å². The molecule has 5 nitrogen and oxygen atoms in total. The Morgan fingerprint density at radius 2 is 1.16 bits per heavy atom. The SMILES string of the molecule is c1ccc(-c2nc(-c3ccc(-n4c5ccccc5c5ccc6oc7ccccc7c6c54)cc3)nc3c2oc2ccccc23)cc1. The average Bonchev–Trinajstić information content (AvgIpc) is 3.78. The summed E-state index contributed by atoms with van der Waals surface area (Å²) in [6.07, 6.45) is 0. The molecule has 0 aliphatic carbocycles. The standard InChI is InChI=1S/C40H23N3O2/c1-2-10-24(11-3-1)36-39-37(30-14-6-9-17-33(30)45-39)42-40(41-36)25-18-20-26(21-19-25)43-31-15-7-4-12-27(31)28-22-23-34-35(38(28)43)29-13-5-8-16-32(29)44-34/h1-23H. The van der Waals surface area contributed by atoms with Gasteiger partial charge in [-0.3, -0.25) is 0 Å². The molecule has 210 valence electrons. The summed E-state index contributed by atoms with van der Waals surface area (Å²) in [7, 11) is 0. The predicted molar refractivity (Wildman–Crippen MR) is 182 cm³/mol. The minimum Gasteiger partial charge on any atom is -0.456 e. The van der Waals surface area contributed by atoms with Crippen LogP contribution in [0.3, 0.4) is 0 Å². The van der Waals surface area contributed by atoms with Crippen molar-refractivity contribution in [1.29, 1.82) is 0 Å². The highest BCUT2D eigenvalue weighted by molar-refractivity contribution is 6.24. The molecule has 0 unspecified atom stereocenters. The fourth-order valence-corrected chi connectivity index (χ4v) is 6.80. The van der Waals surface area contributed by atoms with Crippen molar-refractivity contribution in [3.8, 4) is 28.3 Å². The number of nitrogens with zero attached hydrogens (tertiary/aromatic N) is 3. The van der Waals surface area contributed by atoms with Crippen LogP contribution in [0.15, 0.2) is 148 Å². The minimum atomic E-state index is 0.657. The molecular formula is C40H23N3O2. The van der Waals surface area contributed by atoms with Crippen molar-refractivity contribution in [1.82, 2.24) is 14.5 Å². The minimum absolute atomic E-state index is 0.657. The summed E-state index contributed by atoms with van der Waals surface area (Å²) in [5.74, 6) is 0.657. The van der Waals surface area contributed by atoms with Crippen molar-refractivity contribution in [3.63, 3.8) is 0 Å². The van der Waals surface area contributed by atoms with Crippen LogP contribution >= 0.6 is 0 Å². The van der Waals surface area contributed by atoms with E-state index >= 15 is 0 Å². The van der Waals surface area contributed by atoms with Gasteiger partial charge in [-0.1, -0.05) is 78.9 Å². The highest BCUT2D eigenvalue weighted by Crippen LogP contribution is 2.41. The Labute approximate surface area is 256 Å². The highest BCUT2D eigenvalue weighted by Gasteiger charge is 2.20. The zero-order valence-corrected chi connectivity index (χ0v) is 23.9. The maximum absolute atomic E-state index is 6.30. The molecule has 0 spiro atoms. The molecular weight excluding hydrogens is 554 g/mol. The monoisotopic (exact) mass is 577 g/mol. The Morgan fingerprint density at radius 1 is 0.467 bits per heavy atom. The van der Waals surface area contributed by atoms with E-state index in [1.807, 2.05) is 48.5 Å². The van der Waals surface area contributed by atoms with Gasteiger partial charge < -0.3 is 13.4 Å². The quantitative estimate of drug-likeness (QED) is 0.210. The second-order valence-electron chi connectivity index (χ2n) is 11.4. The first-order valence-electron chi connectivity index (χ1n) is 15.0. The van der Waals surface area contributed by atoms with E-state index in [1.165, 1.54) is 10.8 Å². The lowest BCUT2D eigenvalue weighted by molar-refractivity contribution is 0.667. The van der Waals surface area contributed by atoms with Crippen molar-refractivity contribution < 1.29 is 8.83 Å². The predicted octanol–water partition coefficient (Wildman–Crippen LogP) is 10.7. The summed E-state index contributed by atoms with van der Waals surface area (Å²) in [5, 5.41) is 5.61. The molecule has 4 aromatic heterocycles. The molecule has 10 rings (SSSR count). The van der Waals surface area contributed by atoms with Crippen LogP contribution < -0.4 is 0 Å².